The van der Waals surface area contributed by atoms with Crippen molar-refractivity contribution in [3.05, 3.63) is 0 Å². The lowest BCUT2D eigenvalue weighted by Crippen LogP contribution is -2.65. The summed E-state index contributed by atoms with van der Waals surface area (Å²) in [7, 11) is -3.88. The van der Waals surface area contributed by atoms with Gasteiger partial charge < -0.3 is 20.4 Å². The fourth-order valence-electron chi connectivity index (χ4n) is 1.90. The molecule has 2 fully saturated rings. The third-order valence-electron chi connectivity index (χ3n) is 2.74. The predicted octanol–water partition coefficient (Wildman–Crippen LogP) is -4.08. The smallest absolute Gasteiger partial charge is 0.282 e. The van der Waals surface area contributed by atoms with Gasteiger partial charge in [0.05, 0.1) is 6.04 Å². The first-order chi connectivity index (χ1) is 6.86. The van der Waals surface area contributed by atoms with Crippen LogP contribution >= 0.6 is 0 Å². The molecule has 0 radical (unpaired) electrons. The Balaban J connectivity index is 2.38. The van der Waals surface area contributed by atoms with Crippen LogP contribution in [0.3, 0.4) is 0 Å². The van der Waals surface area contributed by atoms with E-state index in [1.54, 1.807) is 0 Å². The summed E-state index contributed by atoms with van der Waals surface area (Å²) in [5.41, 5.74) is 0. The summed E-state index contributed by atoms with van der Waals surface area (Å²) in [6.07, 6.45) is -6.44. The monoisotopic (exact) mass is 240 g/mol. The molecule has 88 valence electrons. The summed E-state index contributed by atoms with van der Waals surface area (Å²) in [4.78, 5) is 0. The Kier molecular flexibility index (Phi) is 2.50. The molecule has 2 heterocycles. The molecule has 2 saturated heterocycles. The van der Waals surface area contributed by atoms with Gasteiger partial charge >= 0.3 is 0 Å². The normalized spacial score (nSPS) is 50.3. The van der Waals surface area contributed by atoms with Crippen LogP contribution in [0, 0.1) is 0 Å². The van der Waals surface area contributed by atoms with Crippen LogP contribution in [0.25, 0.3) is 0 Å². The van der Waals surface area contributed by atoms with E-state index in [0.29, 0.717) is 4.31 Å². The summed E-state index contributed by atoms with van der Waals surface area (Å²) in [6.45, 7) is -0.107. The van der Waals surface area contributed by atoms with E-state index in [1.165, 1.54) is 0 Å². The second kappa shape index (κ2) is 3.35. The third-order valence-corrected chi connectivity index (χ3v) is 4.31. The second-order valence-electron chi connectivity index (χ2n) is 3.64. The van der Waals surface area contributed by atoms with E-state index in [4.69, 9.17) is 0 Å². The Labute approximate surface area is 85.9 Å². The van der Waals surface area contributed by atoms with Gasteiger partial charge in [0.1, 0.15) is 18.3 Å². The Morgan fingerprint density at radius 2 is 1.67 bits per heavy atom. The van der Waals surface area contributed by atoms with Gasteiger partial charge in [-0.2, -0.15) is 12.7 Å². The van der Waals surface area contributed by atoms with Crippen LogP contribution in [0.5, 0.6) is 0 Å². The number of aliphatic hydroxyl groups is 4. The number of nitrogens with one attached hydrogen (secondary N) is 1. The fourth-order valence-corrected chi connectivity index (χ4v) is 3.39. The summed E-state index contributed by atoms with van der Waals surface area (Å²) in [5.74, 6) is 0. The minimum absolute atomic E-state index is 0.107. The number of aliphatic hydroxyl groups excluding tert-OH is 4. The molecule has 5 atom stereocenters. The van der Waals surface area contributed by atoms with Crippen LogP contribution in [0.15, 0.2) is 0 Å². The van der Waals surface area contributed by atoms with Gasteiger partial charge in [-0.25, -0.2) is 4.72 Å². The minimum atomic E-state index is -3.88. The van der Waals surface area contributed by atoms with Crippen molar-refractivity contribution in [2.75, 3.05) is 6.54 Å². The molecule has 1 unspecified atom stereocenters. The SMILES string of the molecule is O=S1(=O)NC[C@@H]2[C@@H](O)[C@H](O)[C@@H](O)C(O)N21. The second-order valence-corrected chi connectivity index (χ2v) is 5.30. The zero-order valence-electron chi connectivity index (χ0n) is 7.55. The van der Waals surface area contributed by atoms with Crippen molar-refractivity contribution in [1.29, 1.82) is 0 Å². The van der Waals surface area contributed by atoms with Crippen molar-refractivity contribution in [3.63, 3.8) is 0 Å². The Bertz CT molecular complexity index is 359. The quantitative estimate of drug-likeness (QED) is 0.293. The average Bonchev–Trinajstić information content (AvgIpc) is 2.48. The molecule has 0 aromatic heterocycles. The first-order valence-corrected chi connectivity index (χ1v) is 5.80. The molecule has 15 heavy (non-hydrogen) atoms. The topological polar surface area (TPSA) is 130 Å². The molecule has 0 aromatic carbocycles. The summed E-state index contributed by atoms with van der Waals surface area (Å²) >= 11 is 0. The fraction of sp³-hybridized carbons (Fsp3) is 1.00. The maximum atomic E-state index is 11.4. The molecule has 0 amide bonds. The Hall–Kier alpha value is -0.290. The van der Waals surface area contributed by atoms with Crippen LogP contribution in [0.4, 0.5) is 0 Å². The van der Waals surface area contributed by atoms with E-state index >= 15 is 0 Å². The molecular weight excluding hydrogens is 228 g/mol. The summed E-state index contributed by atoms with van der Waals surface area (Å²) in [6, 6.07) is -0.955. The van der Waals surface area contributed by atoms with Gasteiger partial charge in [0.25, 0.3) is 10.2 Å². The van der Waals surface area contributed by atoms with Gasteiger partial charge in [0, 0.05) is 6.54 Å². The number of hydrogen-bond acceptors (Lipinski definition) is 6. The number of nitrogens with zero attached hydrogens (tertiary/aromatic N) is 1. The summed E-state index contributed by atoms with van der Waals surface area (Å²) < 4.78 is 25.4. The van der Waals surface area contributed by atoms with Crippen molar-refractivity contribution >= 4 is 10.2 Å². The standard InChI is InChI=1S/C6H12N2O6S/c9-3-2-1-7-15(13,14)8(2)6(12)5(11)4(3)10/h2-7,9-12H,1H2/t2-,3-,4+,5-,6?/m1/s1. The molecule has 0 saturated carbocycles. The van der Waals surface area contributed by atoms with E-state index in [-0.39, 0.29) is 6.54 Å². The molecule has 9 heteroatoms. The number of hydrogen-bond donors (Lipinski definition) is 5. The largest absolute Gasteiger partial charge is 0.389 e. The average molecular weight is 240 g/mol. The van der Waals surface area contributed by atoms with Crippen LogP contribution in [-0.4, -0.2) is 70.3 Å². The van der Waals surface area contributed by atoms with E-state index < -0.39 is 40.8 Å². The number of piperidine rings is 1. The zero-order chi connectivity index (χ0) is 11.4. The molecule has 2 rings (SSSR count). The Morgan fingerprint density at radius 1 is 1.07 bits per heavy atom. The first kappa shape index (κ1) is 11.2. The predicted molar refractivity (Wildman–Crippen MR) is 46.6 cm³/mol. The summed E-state index contributed by atoms with van der Waals surface area (Å²) in [5, 5.41) is 37.6. The van der Waals surface area contributed by atoms with E-state index in [1.807, 2.05) is 0 Å². The lowest BCUT2D eigenvalue weighted by Gasteiger charge is -2.41. The lowest BCUT2D eigenvalue weighted by atomic mass is 9.95. The van der Waals surface area contributed by atoms with E-state index in [9.17, 15) is 28.8 Å². The van der Waals surface area contributed by atoms with Gasteiger partial charge in [0.15, 0.2) is 6.23 Å². The maximum Gasteiger partial charge on any atom is 0.282 e. The molecule has 0 spiro atoms. The first-order valence-electron chi connectivity index (χ1n) is 4.36. The van der Waals surface area contributed by atoms with E-state index in [2.05, 4.69) is 4.72 Å². The van der Waals surface area contributed by atoms with Gasteiger partial charge in [-0.05, 0) is 0 Å². The highest BCUT2D eigenvalue weighted by atomic mass is 32.2. The van der Waals surface area contributed by atoms with Gasteiger partial charge in [0.2, 0.25) is 0 Å². The van der Waals surface area contributed by atoms with Crippen LogP contribution in [0.2, 0.25) is 0 Å². The van der Waals surface area contributed by atoms with Gasteiger partial charge in [-0.3, -0.25) is 0 Å². The van der Waals surface area contributed by atoms with E-state index in [0.717, 1.165) is 0 Å². The molecule has 2 aliphatic rings. The Morgan fingerprint density at radius 3 is 2.27 bits per heavy atom. The molecular formula is C6H12N2O6S. The zero-order valence-corrected chi connectivity index (χ0v) is 8.37. The highest BCUT2D eigenvalue weighted by molar-refractivity contribution is 7.87. The highest BCUT2D eigenvalue weighted by Gasteiger charge is 2.55. The number of fused-ring (bicyclic) bond motifs is 1. The molecule has 0 aliphatic carbocycles. The highest BCUT2D eigenvalue weighted by Crippen LogP contribution is 2.28. The molecule has 8 nitrogen and oxygen atoms in total. The van der Waals surface area contributed by atoms with Crippen molar-refractivity contribution in [1.82, 2.24) is 9.03 Å². The molecule has 5 N–H and O–H groups in total. The maximum absolute atomic E-state index is 11.4. The molecule has 0 aromatic rings. The van der Waals surface area contributed by atoms with Crippen molar-refractivity contribution in [2.45, 2.75) is 30.6 Å². The van der Waals surface area contributed by atoms with Crippen LogP contribution in [0.1, 0.15) is 0 Å². The van der Waals surface area contributed by atoms with Crippen molar-refractivity contribution in [2.24, 2.45) is 0 Å². The molecule has 0 bridgehead atoms. The minimum Gasteiger partial charge on any atom is -0.389 e. The lowest BCUT2D eigenvalue weighted by molar-refractivity contribution is -0.186. The van der Waals surface area contributed by atoms with Crippen molar-refractivity contribution in [3.8, 4) is 0 Å². The van der Waals surface area contributed by atoms with Gasteiger partial charge in [-0.1, -0.05) is 0 Å². The van der Waals surface area contributed by atoms with Crippen LogP contribution < -0.4 is 4.72 Å². The van der Waals surface area contributed by atoms with Crippen molar-refractivity contribution < 1.29 is 28.8 Å². The molecule has 2 aliphatic heterocycles. The van der Waals surface area contributed by atoms with Crippen LogP contribution in [-0.2, 0) is 10.2 Å². The van der Waals surface area contributed by atoms with Gasteiger partial charge in [-0.15, -0.1) is 0 Å². The number of rotatable bonds is 0. The third kappa shape index (κ3) is 1.47.